The number of nitrogens with one attached hydrogen (secondary N) is 1. The Bertz CT molecular complexity index is 735. The second-order valence-corrected chi connectivity index (χ2v) is 3.80. The van der Waals surface area contributed by atoms with Gasteiger partial charge < -0.3 is 4.98 Å². The van der Waals surface area contributed by atoms with Gasteiger partial charge in [-0.2, -0.15) is 5.26 Å². The standard InChI is InChI=1S/C13H7BN2/c14-9-2-4-13-11(6-9)10-5-8(7-15)1-3-12(10)16-13/h1-6,16H. The van der Waals surface area contributed by atoms with Gasteiger partial charge in [-0.3, -0.25) is 0 Å². The zero-order valence-corrected chi connectivity index (χ0v) is 8.49. The molecule has 3 aromatic rings. The lowest BCUT2D eigenvalue weighted by molar-refractivity contribution is 1.49. The van der Waals surface area contributed by atoms with Crippen LogP contribution in [0.4, 0.5) is 0 Å². The molecule has 0 amide bonds. The molecule has 0 atom stereocenters. The Morgan fingerprint density at radius 1 is 1.00 bits per heavy atom. The van der Waals surface area contributed by atoms with Crippen LogP contribution in [0.3, 0.4) is 0 Å². The van der Waals surface area contributed by atoms with Crippen LogP contribution in [0.15, 0.2) is 36.4 Å². The van der Waals surface area contributed by atoms with E-state index in [9.17, 15) is 0 Å². The molecule has 3 rings (SSSR count). The molecule has 0 spiro atoms. The summed E-state index contributed by atoms with van der Waals surface area (Å²) in [5.74, 6) is 0. The molecule has 2 nitrogen and oxygen atoms in total. The van der Waals surface area contributed by atoms with Gasteiger partial charge in [-0.25, -0.2) is 0 Å². The maximum atomic E-state index is 8.88. The lowest BCUT2D eigenvalue weighted by Crippen LogP contribution is -1.98. The predicted octanol–water partition coefficient (Wildman–Crippen LogP) is 1.99. The SMILES string of the molecule is [B]c1ccc2[nH]c3ccc(C#N)cc3c2c1. The normalized spacial score (nSPS) is 10.7. The van der Waals surface area contributed by atoms with Crippen molar-refractivity contribution in [2.45, 2.75) is 0 Å². The third-order valence-corrected chi connectivity index (χ3v) is 2.75. The summed E-state index contributed by atoms with van der Waals surface area (Å²) in [5.41, 5.74) is 3.46. The molecule has 1 aromatic heterocycles. The minimum absolute atomic E-state index is 0.663. The van der Waals surface area contributed by atoms with E-state index in [0.717, 1.165) is 27.3 Å². The molecule has 0 aliphatic rings. The molecule has 72 valence electrons. The topological polar surface area (TPSA) is 39.6 Å². The summed E-state index contributed by atoms with van der Waals surface area (Å²) in [5, 5.41) is 11.0. The fourth-order valence-electron chi connectivity index (χ4n) is 1.98. The van der Waals surface area contributed by atoms with Crippen molar-refractivity contribution >= 4 is 35.1 Å². The predicted molar refractivity (Wildman–Crippen MR) is 65.9 cm³/mol. The average Bonchev–Trinajstić information content (AvgIpc) is 2.66. The molecular formula is C13H7BN2. The van der Waals surface area contributed by atoms with E-state index in [4.69, 9.17) is 13.1 Å². The molecule has 0 aliphatic carbocycles. The number of nitrogens with zero attached hydrogens (tertiary/aromatic N) is 1. The Morgan fingerprint density at radius 2 is 1.69 bits per heavy atom. The average molecular weight is 202 g/mol. The highest BCUT2D eigenvalue weighted by Gasteiger charge is 2.04. The minimum atomic E-state index is 0.663. The van der Waals surface area contributed by atoms with Crippen LogP contribution in [0.2, 0.25) is 0 Å². The molecular weight excluding hydrogens is 195 g/mol. The Hall–Kier alpha value is -2.21. The second-order valence-electron chi connectivity index (χ2n) is 3.80. The first-order valence-electron chi connectivity index (χ1n) is 4.99. The Balaban J connectivity index is 2.50. The maximum Gasteiger partial charge on any atom is 0.113 e. The lowest BCUT2D eigenvalue weighted by atomic mass is 9.94. The van der Waals surface area contributed by atoms with Crippen molar-refractivity contribution in [2.75, 3.05) is 0 Å². The Morgan fingerprint density at radius 3 is 2.44 bits per heavy atom. The zero-order chi connectivity index (χ0) is 11.1. The molecule has 3 heteroatoms. The summed E-state index contributed by atoms with van der Waals surface area (Å²) < 4.78 is 0. The molecule has 0 unspecified atom stereocenters. The van der Waals surface area contributed by atoms with E-state index >= 15 is 0 Å². The molecule has 16 heavy (non-hydrogen) atoms. The van der Waals surface area contributed by atoms with Crippen molar-refractivity contribution in [2.24, 2.45) is 0 Å². The molecule has 0 aliphatic heterocycles. The maximum absolute atomic E-state index is 8.88. The summed E-state index contributed by atoms with van der Waals surface area (Å²) >= 11 is 0. The minimum Gasteiger partial charge on any atom is -0.355 e. The molecule has 0 fully saturated rings. The summed E-state index contributed by atoms with van der Waals surface area (Å²) in [6.07, 6.45) is 0. The number of H-pyrrole nitrogens is 1. The van der Waals surface area contributed by atoms with Gasteiger partial charge in [0, 0.05) is 21.8 Å². The molecule has 2 aromatic carbocycles. The van der Waals surface area contributed by atoms with E-state index in [1.54, 1.807) is 6.07 Å². The summed E-state index contributed by atoms with van der Waals surface area (Å²) in [4.78, 5) is 3.29. The highest BCUT2D eigenvalue weighted by Crippen LogP contribution is 2.25. The van der Waals surface area contributed by atoms with Crippen molar-refractivity contribution in [1.82, 2.24) is 4.98 Å². The van der Waals surface area contributed by atoms with E-state index in [1.807, 2.05) is 30.3 Å². The lowest BCUT2D eigenvalue weighted by Gasteiger charge is -1.94. The first kappa shape index (κ1) is 9.05. The van der Waals surface area contributed by atoms with Crippen LogP contribution in [0.25, 0.3) is 21.8 Å². The van der Waals surface area contributed by atoms with E-state index in [-0.39, 0.29) is 0 Å². The van der Waals surface area contributed by atoms with Gasteiger partial charge in [0.2, 0.25) is 0 Å². The summed E-state index contributed by atoms with van der Waals surface area (Å²) in [7, 11) is 5.77. The highest BCUT2D eigenvalue weighted by atomic mass is 14.7. The van der Waals surface area contributed by atoms with Gasteiger partial charge in [0.1, 0.15) is 7.85 Å². The van der Waals surface area contributed by atoms with Crippen molar-refractivity contribution in [3.63, 3.8) is 0 Å². The molecule has 1 N–H and O–H groups in total. The van der Waals surface area contributed by atoms with Gasteiger partial charge in [-0.1, -0.05) is 17.6 Å². The number of hydrogen-bond acceptors (Lipinski definition) is 1. The van der Waals surface area contributed by atoms with Crippen molar-refractivity contribution < 1.29 is 0 Å². The Labute approximate surface area is 93.9 Å². The monoisotopic (exact) mass is 202 g/mol. The number of nitriles is 1. The van der Waals surface area contributed by atoms with Crippen LogP contribution in [0.1, 0.15) is 5.56 Å². The largest absolute Gasteiger partial charge is 0.355 e. The summed E-state index contributed by atoms with van der Waals surface area (Å²) in [6, 6.07) is 13.5. The van der Waals surface area contributed by atoms with Crippen molar-refractivity contribution in [1.29, 1.82) is 5.26 Å². The number of aromatic amines is 1. The van der Waals surface area contributed by atoms with Gasteiger partial charge in [-0.05, 0) is 24.3 Å². The smallest absolute Gasteiger partial charge is 0.113 e. The Kier molecular flexibility index (Phi) is 1.78. The molecule has 0 bridgehead atoms. The number of rotatable bonds is 0. The van der Waals surface area contributed by atoms with Crippen molar-refractivity contribution in [3.8, 4) is 6.07 Å². The van der Waals surface area contributed by atoms with E-state index < -0.39 is 0 Å². The molecule has 0 saturated heterocycles. The zero-order valence-electron chi connectivity index (χ0n) is 8.49. The van der Waals surface area contributed by atoms with E-state index in [1.165, 1.54) is 0 Å². The van der Waals surface area contributed by atoms with Crippen LogP contribution in [-0.4, -0.2) is 12.8 Å². The number of aromatic nitrogens is 1. The first-order valence-corrected chi connectivity index (χ1v) is 4.99. The fourth-order valence-corrected chi connectivity index (χ4v) is 1.98. The third kappa shape index (κ3) is 1.20. The van der Waals surface area contributed by atoms with Gasteiger partial charge in [-0.15, -0.1) is 0 Å². The van der Waals surface area contributed by atoms with Gasteiger partial charge in [0.25, 0.3) is 0 Å². The number of benzene rings is 2. The second kappa shape index (κ2) is 3.14. The van der Waals surface area contributed by atoms with Gasteiger partial charge in [0.05, 0.1) is 11.6 Å². The van der Waals surface area contributed by atoms with Crippen LogP contribution < -0.4 is 5.46 Å². The number of fused-ring (bicyclic) bond motifs is 3. The van der Waals surface area contributed by atoms with E-state index in [2.05, 4.69) is 11.1 Å². The van der Waals surface area contributed by atoms with Crippen LogP contribution in [0, 0.1) is 11.3 Å². The van der Waals surface area contributed by atoms with Gasteiger partial charge >= 0.3 is 0 Å². The highest BCUT2D eigenvalue weighted by molar-refractivity contribution is 6.33. The first-order chi connectivity index (χ1) is 7.78. The molecule has 1 heterocycles. The fraction of sp³-hybridized carbons (Fsp3) is 0. The quantitative estimate of drug-likeness (QED) is 0.556. The summed E-state index contributed by atoms with van der Waals surface area (Å²) in [6.45, 7) is 0. The molecule has 2 radical (unpaired) electrons. The van der Waals surface area contributed by atoms with Crippen molar-refractivity contribution in [3.05, 3.63) is 42.0 Å². The van der Waals surface area contributed by atoms with E-state index in [0.29, 0.717) is 5.56 Å². The third-order valence-electron chi connectivity index (χ3n) is 2.75. The van der Waals surface area contributed by atoms with Crippen LogP contribution in [-0.2, 0) is 0 Å². The number of hydrogen-bond donors (Lipinski definition) is 1. The molecule has 0 saturated carbocycles. The van der Waals surface area contributed by atoms with Crippen LogP contribution in [0.5, 0.6) is 0 Å². The van der Waals surface area contributed by atoms with Crippen LogP contribution >= 0.6 is 0 Å². The van der Waals surface area contributed by atoms with Gasteiger partial charge in [0.15, 0.2) is 0 Å².